The number of nitrogens with two attached hydrogens (primary N) is 1. The summed E-state index contributed by atoms with van der Waals surface area (Å²) in [6.07, 6.45) is 0. The molecular formula is C14H11BrN4. The number of benzene rings is 2. The maximum absolute atomic E-state index is 6.13. The molecule has 0 aliphatic heterocycles. The van der Waals surface area contributed by atoms with Crippen LogP contribution in [0.1, 0.15) is 0 Å². The second-order valence-corrected chi connectivity index (χ2v) is 4.99. The van der Waals surface area contributed by atoms with Crippen LogP contribution in [0.2, 0.25) is 0 Å². The van der Waals surface area contributed by atoms with Crippen LogP contribution in [0.4, 0.5) is 5.82 Å². The molecule has 1 aromatic heterocycles. The summed E-state index contributed by atoms with van der Waals surface area (Å²) in [5.74, 6) is 0.536. The van der Waals surface area contributed by atoms with Gasteiger partial charge in [0, 0.05) is 10.0 Å². The molecule has 0 saturated carbocycles. The predicted octanol–water partition coefficient (Wildman–Crippen LogP) is 3.28. The zero-order valence-corrected chi connectivity index (χ0v) is 11.6. The summed E-state index contributed by atoms with van der Waals surface area (Å²) in [7, 11) is 0. The summed E-state index contributed by atoms with van der Waals surface area (Å²) in [4.78, 5) is 0. The van der Waals surface area contributed by atoms with E-state index in [0.29, 0.717) is 11.5 Å². The molecule has 0 atom stereocenters. The summed E-state index contributed by atoms with van der Waals surface area (Å²) in [6.45, 7) is 0. The number of anilines is 1. The van der Waals surface area contributed by atoms with Crippen molar-refractivity contribution >= 4 is 21.7 Å². The monoisotopic (exact) mass is 314 g/mol. The molecule has 19 heavy (non-hydrogen) atoms. The highest BCUT2D eigenvalue weighted by atomic mass is 79.9. The molecule has 4 nitrogen and oxygen atoms in total. The minimum Gasteiger partial charge on any atom is -0.382 e. The van der Waals surface area contributed by atoms with E-state index in [0.717, 1.165) is 15.7 Å². The van der Waals surface area contributed by atoms with Gasteiger partial charge >= 0.3 is 0 Å². The summed E-state index contributed by atoms with van der Waals surface area (Å²) in [5, 5.41) is 8.28. The standard InChI is InChI=1S/C14H11BrN4/c15-11-8-6-10(7-9-11)13-14(16)19(18-17-13)12-4-2-1-3-5-12/h1-9H,16H2. The van der Waals surface area contributed by atoms with Gasteiger partial charge in [-0.05, 0) is 24.3 Å². The van der Waals surface area contributed by atoms with Crippen molar-refractivity contribution in [3.8, 4) is 16.9 Å². The lowest BCUT2D eigenvalue weighted by atomic mass is 10.1. The third kappa shape index (κ3) is 2.24. The zero-order chi connectivity index (χ0) is 13.2. The van der Waals surface area contributed by atoms with Crippen molar-refractivity contribution in [3.63, 3.8) is 0 Å². The summed E-state index contributed by atoms with van der Waals surface area (Å²) in [6, 6.07) is 17.5. The lowest BCUT2D eigenvalue weighted by molar-refractivity contribution is 0.810. The number of halogens is 1. The summed E-state index contributed by atoms with van der Waals surface area (Å²) in [5.41, 5.74) is 8.67. The van der Waals surface area contributed by atoms with E-state index in [1.165, 1.54) is 0 Å². The molecule has 2 N–H and O–H groups in total. The first kappa shape index (κ1) is 11.9. The molecule has 0 spiro atoms. The normalized spacial score (nSPS) is 10.6. The summed E-state index contributed by atoms with van der Waals surface area (Å²) >= 11 is 3.41. The molecule has 94 valence electrons. The molecule has 1 heterocycles. The number of aromatic nitrogens is 3. The highest BCUT2D eigenvalue weighted by Crippen LogP contribution is 2.26. The first-order valence-corrected chi connectivity index (χ1v) is 6.57. The Bertz CT molecular complexity index is 689. The van der Waals surface area contributed by atoms with Crippen molar-refractivity contribution in [1.29, 1.82) is 0 Å². The lowest BCUT2D eigenvalue weighted by Crippen LogP contribution is -2.01. The molecule has 0 amide bonds. The molecule has 0 unspecified atom stereocenters. The number of hydrogen-bond donors (Lipinski definition) is 1. The van der Waals surface area contributed by atoms with E-state index in [-0.39, 0.29) is 0 Å². The lowest BCUT2D eigenvalue weighted by Gasteiger charge is -2.03. The van der Waals surface area contributed by atoms with Crippen molar-refractivity contribution in [2.45, 2.75) is 0 Å². The highest BCUT2D eigenvalue weighted by molar-refractivity contribution is 9.10. The topological polar surface area (TPSA) is 56.7 Å². The largest absolute Gasteiger partial charge is 0.382 e. The minimum absolute atomic E-state index is 0.536. The van der Waals surface area contributed by atoms with Crippen molar-refractivity contribution in [3.05, 3.63) is 59.1 Å². The average Bonchev–Trinajstić information content (AvgIpc) is 2.83. The van der Waals surface area contributed by atoms with E-state index in [1.807, 2.05) is 54.6 Å². The SMILES string of the molecule is Nc1c(-c2ccc(Br)cc2)nnn1-c1ccccc1. The first-order valence-electron chi connectivity index (χ1n) is 5.78. The molecule has 0 radical (unpaired) electrons. The fraction of sp³-hybridized carbons (Fsp3) is 0. The van der Waals surface area contributed by atoms with Crippen LogP contribution in [-0.2, 0) is 0 Å². The van der Waals surface area contributed by atoms with Gasteiger partial charge in [0.25, 0.3) is 0 Å². The van der Waals surface area contributed by atoms with Gasteiger partial charge in [0.15, 0.2) is 5.82 Å². The van der Waals surface area contributed by atoms with Crippen LogP contribution < -0.4 is 5.73 Å². The Balaban J connectivity index is 2.06. The zero-order valence-electron chi connectivity index (χ0n) is 9.99. The smallest absolute Gasteiger partial charge is 0.155 e. The maximum Gasteiger partial charge on any atom is 0.155 e. The van der Waals surface area contributed by atoms with Crippen molar-refractivity contribution in [2.24, 2.45) is 0 Å². The molecule has 3 rings (SSSR count). The fourth-order valence-electron chi connectivity index (χ4n) is 1.86. The van der Waals surface area contributed by atoms with Gasteiger partial charge in [-0.1, -0.05) is 51.5 Å². The van der Waals surface area contributed by atoms with Crippen LogP contribution in [0, 0.1) is 0 Å². The highest BCUT2D eigenvalue weighted by Gasteiger charge is 2.12. The second-order valence-electron chi connectivity index (χ2n) is 4.08. The van der Waals surface area contributed by atoms with Gasteiger partial charge in [-0.2, -0.15) is 4.68 Å². The first-order chi connectivity index (χ1) is 9.25. The molecule has 0 bridgehead atoms. The van der Waals surface area contributed by atoms with Crippen LogP contribution in [0.15, 0.2) is 59.1 Å². The minimum atomic E-state index is 0.536. The van der Waals surface area contributed by atoms with Gasteiger partial charge in [0.05, 0.1) is 5.69 Å². The third-order valence-electron chi connectivity index (χ3n) is 2.82. The predicted molar refractivity (Wildman–Crippen MR) is 78.9 cm³/mol. The van der Waals surface area contributed by atoms with Gasteiger partial charge in [-0.15, -0.1) is 5.10 Å². The number of para-hydroxylation sites is 1. The van der Waals surface area contributed by atoms with E-state index >= 15 is 0 Å². The fourth-order valence-corrected chi connectivity index (χ4v) is 2.13. The van der Waals surface area contributed by atoms with Crippen LogP contribution in [0.5, 0.6) is 0 Å². The second kappa shape index (κ2) is 4.85. The molecular weight excluding hydrogens is 304 g/mol. The average molecular weight is 315 g/mol. The van der Waals surface area contributed by atoms with Crippen molar-refractivity contribution < 1.29 is 0 Å². The van der Waals surface area contributed by atoms with Gasteiger partial charge in [0.1, 0.15) is 5.69 Å². The van der Waals surface area contributed by atoms with E-state index in [1.54, 1.807) is 4.68 Å². The Morgan fingerprint density at radius 2 is 1.63 bits per heavy atom. The maximum atomic E-state index is 6.13. The number of nitrogen functional groups attached to an aromatic ring is 1. The molecule has 0 saturated heterocycles. The Labute approximate surface area is 119 Å². The van der Waals surface area contributed by atoms with Gasteiger partial charge in [0.2, 0.25) is 0 Å². The van der Waals surface area contributed by atoms with Gasteiger partial charge in [-0.3, -0.25) is 0 Å². The molecule has 3 aromatic rings. The molecule has 0 fully saturated rings. The molecule has 5 heteroatoms. The number of rotatable bonds is 2. The Kier molecular flexibility index (Phi) is 3.05. The summed E-state index contributed by atoms with van der Waals surface area (Å²) < 4.78 is 2.66. The molecule has 0 aliphatic carbocycles. The number of hydrogen-bond acceptors (Lipinski definition) is 3. The van der Waals surface area contributed by atoms with Crippen LogP contribution >= 0.6 is 15.9 Å². The Morgan fingerprint density at radius 3 is 2.32 bits per heavy atom. The van der Waals surface area contributed by atoms with E-state index in [4.69, 9.17) is 5.73 Å². The van der Waals surface area contributed by atoms with Crippen molar-refractivity contribution in [2.75, 3.05) is 5.73 Å². The van der Waals surface area contributed by atoms with Crippen molar-refractivity contribution in [1.82, 2.24) is 15.0 Å². The van der Waals surface area contributed by atoms with Gasteiger partial charge in [-0.25, -0.2) is 0 Å². The van der Waals surface area contributed by atoms with Gasteiger partial charge < -0.3 is 5.73 Å². The van der Waals surface area contributed by atoms with Crippen LogP contribution in [-0.4, -0.2) is 15.0 Å². The Hall–Kier alpha value is -2.14. The third-order valence-corrected chi connectivity index (χ3v) is 3.35. The quantitative estimate of drug-likeness (QED) is 0.789. The van der Waals surface area contributed by atoms with E-state index < -0.39 is 0 Å². The van der Waals surface area contributed by atoms with Crippen LogP contribution in [0.25, 0.3) is 16.9 Å². The molecule has 0 aliphatic rings. The molecule has 2 aromatic carbocycles. The Morgan fingerprint density at radius 1 is 0.947 bits per heavy atom. The van der Waals surface area contributed by atoms with Crippen LogP contribution in [0.3, 0.4) is 0 Å². The number of nitrogens with zero attached hydrogens (tertiary/aromatic N) is 3. The van der Waals surface area contributed by atoms with E-state index in [9.17, 15) is 0 Å². The van der Waals surface area contributed by atoms with E-state index in [2.05, 4.69) is 26.2 Å².